The lowest BCUT2D eigenvalue weighted by atomic mass is 10.3. The average molecular weight is 259 g/mol. The molecule has 0 atom stereocenters. The van der Waals surface area contributed by atoms with Crippen LogP contribution >= 0.6 is 8.60 Å². The van der Waals surface area contributed by atoms with E-state index in [1.165, 1.54) is 24.3 Å². The highest BCUT2D eigenvalue weighted by Gasteiger charge is 2.13. The predicted molar refractivity (Wildman–Crippen MR) is 63.9 cm³/mol. The largest absolute Gasteiger partial charge is 0.427 e. The van der Waals surface area contributed by atoms with Crippen LogP contribution in [0.15, 0.2) is 24.3 Å². The molecule has 0 aliphatic carbocycles. The smallest absolute Gasteiger partial charge is 0.397 e. The monoisotopic (exact) mass is 259 g/mol. The van der Waals surface area contributed by atoms with Crippen molar-refractivity contribution in [2.45, 2.75) is 13.8 Å². The van der Waals surface area contributed by atoms with Gasteiger partial charge in [0.05, 0.1) is 18.1 Å². The molecule has 0 bridgehead atoms. The van der Waals surface area contributed by atoms with Crippen molar-refractivity contribution in [3.8, 4) is 5.75 Å². The van der Waals surface area contributed by atoms with Crippen LogP contribution in [0.3, 0.4) is 0 Å². The van der Waals surface area contributed by atoms with E-state index in [2.05, 4.69) is 0 Å². The van der Waals surface area contributed by atoms with Gasteiger partial charge < -0.3 is 13.6 Å². The Morgan fingerprint density at radius 2 is 1.71 bits per heavy atom. The van der Waals surface area contributed by atoms with Crippen LogP contribution in [0, 0.1) is 10.1 Å². The molecule has 0 spiro atoms. The lowest BCUT2D eigenvalue weighted by Gasteiger charge is -2.15. The molecular formula is C10H14NO5P. The quantitative estimate of drug-likeness (QED) is 0.427. The molecule has 1 aromatic rings. The number of hydrogen-bond acceptors (Lipinski definition) is 5. The number of hydrogen-bond donors (Lipinski definition) is 0. The van der Waals surface area contributed by atoms with E-state index in [9.17, 15) is 10.1 Å². The van der Waals surface area contributed by atoms with Crippen LogP contribution in [0.2, 0.25) is 0 Å². The Balaban J connectivity index is 2.62. The molecule has 0 fully saturated rings. The molecule has 0 aromatic heterocycles. The Hall–Kier alpha value is -1.23. The topological polar surface area (TPSA) is 70.8 Å². The van der Waals surface area contributed by atoms with Gasteiger partial charge in [-0.3, -0.25) is 10.1 Å². The highest BCUT2D eigenvalue weighted by atomic mass is 31.2. The van der Waals surface area contributed by atoms with Crippen LogP contribution < -0.4 is 4.52 Å². The minimum absolute atomic E-state index is 0.0227. The van der Waals surface area contributed by atoms with Gasteiger partial charge >= 0.3 is 8.60 Å². The van der Waals surface area contributed by atoms with E-state index in [4.69, 9.17) is 13.6 Å². The van der Waals surface area contributed by atoms with Crippen LogP contribution in [0.25, 0.3) is 0 Å². The highest BCUT2D eigenvalue weighted by Crippen LogP contribution is 2.40. The van der Waals surface area contributed by atoms with E-state index < -0.39 is 13.5 Å². The van der Waals surface area contributed by atoms with Gasteiger partial charge in [0.2, 0.25) is 0 Å². The standard InChI is InChI=1S/C10H14NO5P/c1-3-14-17(15-4-2)16-10-7-5-9(6-8-10)11(12)13/h5-8H,3-4H2,1-2H3. The molecule has 1 rings (SSSR count). The molecule has 0 aliphatic rings. The number of nitro groups is 1. The van der Waals surface area contributed by atoms with Gasteiger partial charge in [0.15, 0.2) is 0 Å². The fraction of sp³-hybridized carbons (Fsp3) is 0.400. The van der Waals surface area contributed by atoms with Crippen molar-refractivity contribution >= 4 is 14.3 Å². The molecule has 94 valence electrons. The van der Waals surface area contributed by atoms with Crippen molar-refractivity contribution in [1.29, 1.82) is 0 Å². The summed E-state index contributed by atoms with van der Waals surface area (Å²) >= 11 is 0. The first-order valence-electron chi connectivity index (χ1n) is 5.15. The second-order valence-electron chi connectivity index (χ2n) is 2.90. The zero-order valence-electron chi connectivity index (χ0n) is 9.66. The summed E-state index contributed by atoms with van der Waals surface area (Å²) in [6, 6.07) is 5.79. The summed E-state index contributed by atoms with van der Waals surface area (Å²) in [5, 5.41) is 10.5. The van der Waals surface area contributed by atoms with Gasteiger partial charge in [-0.15, -0.1) is 0 Å². The molecular weight excluding hydrogens is 245 g/mol. The molecule has 0 amide bonds. The third-order valence-electron chi connectivity index (χ3n) is 1.70. The summed E-state index contributed by atoms with van der Waals surface area (Å²) in [5.74, 6) is 0.489. The first-order valence-corrected chi connectivity index (χ1v) is 6.25. The zero-order valence-corrected chi connectivity index (χ0v) is 10.6. The van der Waals surface area contributed by atoms with Crippen molar-refractivity contribution in [1.82, 2.24) is 0 Å². The molecule has 1 aromatic carbocycles. The van der Waals surface area contributed by atoms with Crippen molar-refractivity contribution in [2.24, 2.45) is 0 Å². The Morgan fingerprint density at radius 1 is 1.18 bits per heavy atom. The van der Waals surface area contributed by atoms with Crippen LogP contribution in [-0.2, 0) is 9.05 Å². The lowest BCUT2D eigenvalue weighted by molar-refractivity contribution is -0.384. The van der Waals surface area contributed by atoms with Gasteiger partial charge in [-0.1, -0.05) is 0 Å². The number of rotatable bonds is 7. The van der Waals surface area contributed by atoms with E-state index >= 15 is 0 Å². The fourth-order valence-corrected chi connectivity index (χ4v) is 1.91. The number of non-ortho nitro benzene ring substituents is 1. The van der Waals surface area contributed by atoms with Crippen LogP contribution in [0.5, 0.6) is 5.75 Å². The second-order valence-corrected chi connectivity index (χ2v) is 4.05. The lowest BCUT2D eigenvalue weighted by Crippen LogP contribution is -1.97. The molecule has 0 saturated carbocycles. The minimum Gasteiger partial charge on any atom is -0.427 e. The molecule has 0 radical (unpaired) electrons. The van der Waals surface area contributed by atoms with Crippen molar-refractivity contribution in [3.05, 3.63) is 34.4 Å². The molecule has 0 aliphatic heterocycles. The third kappa shape index (κ3) is 4.65. The Labute approximate surface area is 101 Å². The maximum atomic E-state index is 10.5. The summed E-state index contributed by atoms with van der Waals surface area (Å²) in [6.45, 7) is 4.65. The van der Waals surface area contributed by atoms with Crippen LogP contribution in [-0.4, -0.2) is 18.1 Å². The predicted octanol–water partition coefficient (Wildman–Crippen LogP) is 3.27. The van der Waals surface area contributed by atoms with Gasteiger partial charge in [-0.25, -0.2) is 0 Å². The summed E-state index contributed by atoms with van der Waals surface area (Å²) in [5.41, 5.74) is 0.0227. The first kappa shape index (κ1) is 13.8. The Morgan fingerprint density at radius 3 is 2.12 bits per heavy atom. The van der Waals surface area contributed by atoms with Gasteiger partial charge in [0, 0.05) is 12.1 Å². The number of nitrogens with zero attached hydrogens (tertiary/aromatic N) is 1. The molecule has 17 heavy (non-hydrogen) atoms. The van der Waals surface area contributed by atoms with Crippen molar-refractivity contribution in [3.63, 3.8) is 0 Å². The number of nitro benzene ring substituents is 1. The van der Waals surface area contributed by atoms with Gasteiger partial charge in [0.25, 0.3) is 5.69 Å². The summed E-state index contributed by atoms with van der Waals surface area (Å²) in [6.07, 6.45) is 0. The van der Waals surface area contributed by atoms with E-state index in [1.54, 1.807) is 0 Å². The van der Waals surface area contributed by atoms with E-state index in [0.29, 0.717) is 19.0 Å². The van der Waals surface area contributed by atoms with E-state index in [0.717, 1.165) is 0 Å². The van der Waals surface area contributed by atoms with Crippen molar-refractivity contribution in [2.75, 3.05) is 13.2 Å². The maximum absolute atomic E-state index is 10.5. The maximum Gasteiger partial charge on any atom is 0.397 e. The Kier molecular flexibility index (Phi) is 5.83. The summed E-state index contributed by atoms with van der Waals surface area (Å²) in [7, 11) is -1.43. The van der Waals surface area contributed by atoms with E-state index in [1.807, 2.05) is 13.8 Å². The molecule has 0 saturated heterocycles. The van der Waals surface area contributed by atoms with Gasteiger partial charge in [-0.05, 0) is 26.0 Å². The average Bonchev–Trinajstić information content (AvgIpc) is 2.30. The second kappa shape index (κ2) is 7.17. The van der Waals surface area contributed by atoms with E-state index in [-0.39, 0.29) is 5.69 Å². The third-order valence-corrected chi connectivity index (χ3v) is 2.99. The molecule has 6 nitrogen and oxygen atoms in total. The van der Waals surface area contributed by atoms with Gasteiger partial charge in [0.1, 0.15) is 5.75 Å². The molecule has 0 heterocycles. The molecule has 7 heteroatoms. The minimum atomic E-state index is -1.43. The highest BCUT2D eigenvalue weighted by molar-refractivity contribution is 7.42. The van der Waals surface area contributed by atoms with Gasteiger partial charge in [-0.2, -0.15) is 0 Å². The summed E-state index contributed by atoms with van der Waals surface area (Å²) < 4.78 is 15.9. The SMILES string of the molecule is CCOP(OCC)Oc1ccc([N+](=O)[O-])cc1. The van der Waals surface area contributed by atoms with Crippen LogP contribution in [0.4, 0.5) is 5.69 Å². The first-order chi connectivity index (χ1) is 8.17. The van der Waals surface area contributed by atoms with Crippen molar-refractivity contribution < 1.29 is 18.5 Å². The Bertz CT molecular complexity index is 350. The zero-order chi connectivity index (χ0) is 12.7. The molecule has 0 N–H and O–H groups in total. The fourth-order valence-electron chi connectivity index (χ4n) is 1.02. The normalized spacial score (nSPS) is 10.5. The number of benzene rings is 1. The summed E-state index contributed by atoms with van der Waals surface area (Å²) in [4.78, 5) is 10.00. The molecule has 0 unspecified atom stereocenters. The van der Waals surface area contributed by atoms with Crippen LogP contribution in [0.1, 0.15) is 13.8 Å².